The number of carbonyl (C=O) groups excluding carboxylic acids is 2. The van der Waals surface area contributed by atoms with Crippen molar-refractivity contribution < 1.29 is 9.59 Å². The molecular weight excluding hydrogens is 290 g/mol. The zero-order valence-electron chi connectivity index (χ0n) is 14.9. The Morgan fingerprint density at radius 2 is 1.78 bits per heavy atom. The molecule has 0 bridgehead atoms. The topological polar surface area (TPSA) is 43.9 Å². The van der Waals surface area contributed by atoms with E-state index in [9.17, 15) is 9.59 Å². The molecule has 0 unspecified atom stereocenters. The Bertz CT molecular complexity index is 463. The van der Waals surface area contributed by atoms with Crippen LogP contribution in [0.25, 0.3) is 0 Å². The lowest BCUT2D eigenvalue weighted by atomic mass is 10.0. The van der Waals surface area contributed by atoms with E-state index in [-0.39, 0.29) is 11.8 Å². The van der Waals surface area contributed by atoms with Crippen LogP contribution in [0.3, 0.4) is 0 Å². The number of likely N-dealkylation sites (N-methyl/N-ethyl adjacent to an activating group) is 1. The standard InChI is InChI=1S/C18H31N3O2/c1-5-19(12-14(2)3)18(23)13-20-10-6-8-16(20)17-9-7-11-21(17)15(4)22/h16-17H,2,5-13H2,1,3-4H3/t16-,17-/m1/s1. The van der Waals surface area contributed by atoms with Gasteiger partial charge in [-0.15, -0.1) is 0 Å². The molecule has 2 fully saturated rings. The van der Waals surface area contributed by atoms with Crippen LogP contribution in [0.4, 0.5) is 0 Å². The molecule has 2 amide bonds. The molecule has 130 valence electrons. The maximum Gasteiger partial charge on any atom is 0.237 e. The first-order valence-electron chi connectivity index (χ1n) is 8.87. The van der Waals surface area contributed by atoms with Gasteiger partial charge in [0.25, 0.3) is 0 Å². The Balaban J connectivity index is 2.00. The van der Waals surface area contributed by atoms with E-state index in [0.717, 1.165) is 44.3 Å². The predicted octanol–water partition coefficient (Wildman–Crippen LogP) is 1.89. The summed E-state index contributed by atoms with van der Waals surface area (Å²) in [6.45, 7) is 13.2. The van der Waals surface area contributed by atoms with Gasteiger partial charge < -0.3 is 9.80 Å². The predicted molar refractivity (Wildman–Crippen MR) is 92.1 cm³/mol. The monoisotopic (exact) mass is 321 g/mol. The fourth-order valence-corrected chi connectivity index (χ4v) is 4.04. The van der Waals surface area contributed by atoms with Gasteiger partial charge in [0.15, 0.2) is 0 Å². The van der Waals surface area contributed by atoms with E-state index in [1.807, 2.05) is 23.6 Å². The van der Waals surface area contributed by atoms with Gasteiger partial charge in [0.1, 0.15) is 0 Å². The molecule has 0 N–H and O–H groups in total. The van der Waals surface area contributed by atoms with Crippen LogP contribution in [0, 0.1) is 0 Å². The molecule has 0 aromatic carbocycles. The van der Waals surface area contributed by atoms with Gasteiger partial charge in [0, 0.05) is 38.6 Å². The van der Waals surface area contributed by atoms with Crippen LogP contribution in [-0.4, -0.2) is 71.3 Å². The second-order valence-electron chi connectivity index (χ2n) is 6.97. The molecule has 0 radical (unpaired) electrons. The van der Waals surface area contributed by atoms with Gasteiger partial charge in [-0.3, -0.25) is 14.5 Å². The summed E-state index contributed by atoms with van der Waals surface area (Å²) in [4.78, 5) is 30.6. The molecule has 2 heterocycles. The molecule has 23 heavy (non-hydrogen) atoms. The van der Waals surface area contributed by atoms with Crippen LogP contribution in [0.1, 0.15) is 46.5 Å². The number of carbonyl (C=O) groups is 2. The van der Waals surface area contributed by atoms with Crippen LogP contribution in [0.5, 0.6) is 0 Å². The molecule has 5 nitrogen and oxygen atoms in total. The Morgan fingerprint density at radius 1 is 1.13 bits per heavy atom. The molecule has 2 atom stereocenters. The zero-order valence-corrected chi connectivity index (χ0v) is 14.9. The fourth-order valence-electron chi connectivity index (χ4n) is 4.04. The highest BCUT2D eigenvalue weighted by atomic mass is 16.2. The van der Waals surface area contributed by atoms with Gasteiger partial charge in [0.2, 0.25) is 11.8 Å². The lowest BCUT2D eigenvalue weighted by Crippen LogP contribution is -2.50. The molecule has 0 aromatic rings. The van der Waals surface area contributed by atoms with Crippen molar-refractivity contribution in [2.24, 2.45) is 0 Å². The Morgan fingerprint density at radius 3 is 2.39 bits per heavy atom. The van der Waals surface area contributed by atoms with E-state index >= 15 is 0 Å². The summed E-state index contributed by atoms with van der Waals surface area (Å²) in [6.07, 6.45) is 4.36. The van der Waals surface area contributed by atoms with Gasteiger partial charge in [-0.05, 0) is 46.1 Å². The lowest BCUT2D eigenvalue weighted by molar-refractivity contribution is -0.133. The molecule has 5 heteroatoms. The largest absolute Gasteiger partial charge is 0.338 e. The molecule has 0 aromatic heterocycles. The van der Waals surface area contributed by atoms with Crippen molar-refractivity contribution in [3.05, 3.63) is 12.2 Å². The van der Waals surface area contributed by atoms with Crippen molar-refractivity contribution in [1.29, 1.82) is 0 Å². The average Bonchev–Trinajstić information content (AvgIpc) is 3.12. The van der Waals surface area contributed by atoms with Crippen molar-refractivity contribution in [3.63, 3.8) is 0 Å². The van der Waals surface area contributed by atoms with Gasteiger partial charge in [-0.1, -0.05) is 12.2 Å². The Labute approximate surface area is 140 Å². The highest BCUT2D eigenvalue weighted by molar-refractivity contribution is 5.78. The van der Waals surface area contributed by atoms with Gasteiger partial charge >= 0.3 is 0 Å². The minimum absolute atomic E-state index is 0.170. The summed E-state index contributed by atoms with van der Waals surface area (Å²) in [5.41, 5.74) is 1.01. The molecule has 2 saturated heterocycles. The smallest absolute Gasteiger partial charge is 0.237 e. The number of hydrogen-bond acceptors (Lipinski definition) is 3. The summed E-state index contributed by atoms with van der Waals surface area (Å²) in [5, 5.41) is 0. The summed E-state index contributed by atoms with van der Waals surface area (Å²) in [5.74, 6) is 0.345. The van der Waals surface area contributed by atoms with Gasteiger partial charge in [-0.25, -0.2) is 0 Å². The van der Waals surface area contributed by atoms with E-state index in [4.69, 9.17) is 0 Å². The van der Waals surface area contributed by atoms with E-state index in [1.54, 1.807) is 6.92 Å². The quantitative estimate of drug-likeness (QED) is 0.702. The van der Waals surface area contributed by atoms with E-state index in [0.29, 0.717) is 31.7 Å². The van der Waals surface area contributed by atoms with Gasteiger partial charge in [-0.2, -0.15) is 0 Å². The summed E-state index contributed by atoms with van der Waals surface area (Å²) in [7, 11) is 0. The van der Waals surface area contributed by atoms with Crippen molar-refractivity contribution >= 4 is 11.8 Å². The van der Waals surface area contributed by atoms with Crippen LogP contribution in [0.2, 0.25) is 0 Å². The number of rotatable bonds is 6. The highest BCUT2D eigenvalue weighted by Gasteiger charge is 2.39. The first kappa shape index (κ1) is 18.0. The Kier molecular flexibility index (Phi) is 6.22. The Hall–Kier alpha value is -1.36. The molecule has 0 spiro atoms. The van der Waals surface area contributed by atoms with Crippen LogP contribution >= 0.6 is 0 Å². The molecule has 2 rings (SSSR count). The number of amides is 2. The van der Waals surface area contributed by atoms with Crippen LogP contribution < -0.4 is 0 Å². The van der Waals surface area contributed by atoms with Crippen LogP contribution in [0.15, 0.2) is 12.2 Å². The average molecular weight is 321 g/mol. The van der Waals surface area contributed by atoms with E-state index in [2.05, 4.69) is 11.5 Å². The number of likely N-dealkylation sites (tertiary alicyclic amines) is 2. The SMILES string of the molecule is C=C(C)CN(CC)C(=O)CN1CCC[C@@H]1[C@H]1CCCN1C(C)=O. The molecule has 0 aliphatic carbocycles. The second kappa shape index (κ2) is 7.95. The maximum absolute atomic E-state index is 12.6. The van der Waals surface area contributed by atoms with Crippen molar-refractivity contribution in [2.75, 3.05) is 32.7 Å². The minimum atomic E-state index is 0.170. The van der Waals surface area contributed by atoms with Gasteiger partial charge in [0.05, 0.1) is 6.54 Å². The molecular formula is C18H31N3O2. The first-order valence-corrected chi connectivity index (χ1v) is 8.87. The third kappa shape index (κ3) is 4.34. The third-order valence-corrected chi connectivity index (χ3v) is 5.10. The third-order valence-electron chi connectivity index (χ3n) is 5.10. The van der Waals surface area contributed by atoms with Crippen molar-refractivity contribution in [3.8, 4) is 0 Å². The minimum Gasteiger partial charge on any atom is -0.338 e. The summed E-state index contributed by atoms with van der Waals surface area (Å²) < 4.78 is 0. The lowest BCUT2D eigenvalue weighted by Gasteiger charge is -2.35. The number of nitrogens with zero attached hydrogens (tertiary/aromatic N) is 3. The molecule has 0 saturated carbocycles. The second-order valence-corrected chi connectivity index (χ2v) is 6.97. The normalized spacial score (nSPS) is 24.9. The fraction of sp³-hybridized carbons (Fsp3) is 0.778. The first-order chi connectivity index (χ1) is 10.9. The summed E-state index contributed by atoms with van der Waals surface area (Å²) in [6, 6.07) is 0.632. The highest BCUT2D eigenvalue weighted by Crippen LogP contribution is 2.30. The molecule has 2 aliphatic rings. The maximum atomic E-state index is 12.6. The zero-order chi connectivity index (χ0) is 17.0. The van der Waals surface area contributed by atoms with E-state index in [1.165, 1.54) is 0 Å². The van der Waals surface area contributed by atoms with Crippen molar-refractivity contribution in [1.82, 2.24) is 14.7 Å². The summed E-state index contributed by atoms with van der Waals surface area (Å²) >= 11 is 0. The molecule has 2 aliphatic heterocycles. The van der Waals surface area contributed by atoms with Crippen LogP contribution in [-0.2, 0) is 9.59 Å². The number of hydrogen-bond donors (Lipinski definition) is 0. The van der Waals surface area contributed by atoms with Crippen molar-refractivity contribution in [2.45, 2.75) is 58.5 Å². The van der Waals surface area contributed by atoms with E-state index < -0.39 is 0 Å².